The quantitative estimate of drug-likeness (QED) is 0.749. The SMILES string of the molecule is O=C1CCCN1c1ccc(S(=O)(=O)Nc2ccc(OC[C@@H]3CCCO3)cc2)cc1. The Labute approximate surface area is 170 Å². The molecule has 2 aliphatic rings. The molecule has 154 valence electrons. The largest absolute Gasteiger partial charge is 0.491 e. The molecule has 2 aromatic carbocycles. The van der Waals surface area contributed by atoms with Crippen LogP contribution in [0.4, 0.5) is 11.4 Å². The van der Waals surface area contributed by atoms with E-state index in [0.29, 0.717) is 31.0 Å². The van der Waals surface area contributed by atoms with Crippen molar-refractivity contribution in [2.75, 3.05) is 29.4 Å². The number of anilines is 2. The van der Waals surface area contributed by atoms with Crippen LogP contribution in [0, 0.1) is 0 Å². The monoisotopic (exact) mass is 416 g/mol. The third kappa shape index (κ3) is 4.71. The fourth-order valence-corrected chi connectivity index (χ4v) is 4.58. The topological polar surface area (TPSA) is 84.9 Å². The van der Waals surface area contributed by atoms with E-state index in [1.54, 1.807) is 41.3 Å². The molecule has 7 nitrogen and oxygen atoms in total. The van der Waals surface area contributed by atoms with Crippen LogP contribution in [-0.4, -0.2) is 40.2 Å². The van der Waals surface area contributed by atoms with Gasteiger partial charge < -0.3 is 14.4 Å². The first-order valence-electron chi connectivity index (χ1n) is 9.79. The first-order chi connectivity index (χ1) is 14.0. The van der Waals surface area contributed by atoms with Gasteiger partial charge in [-0.05, 0) is 67.8 Å². The Morgan fingerprint density at radius 3 is 2.45 bits per heavy atom. The Morgan fingerprint density at radius 2 is 1.83 bits per heavy atom. The average Bonchev–Trinajstić information content (AvgIpc) is 3.39. The van der Waals surface area contributed by atoms with Crippen LogP contribution in [-0.2, 0) is 19.6 Å². The molecule has 1 N–H and O–H groups in total. The second-order valence-electron chi connectivity index (χ2n) is 7.22. The molecule has 0 aromatic heterocycles. The predicted octanol–water partition coefficient (Wildman–Crippen LogP) is 3.17. The maximum atomic E-state index is 12.6. The van der Waals surface area contributed by atoms with Crippen molar-refractivity contribution in [3.63, 3.8) is 0 Å². The predicted molar refractivity (Wildman–Crippen MR) is 110 cm³/mol. The molecule has 2 aliphatic heterocycles. The minimum absolute atomic E-state index is 0.0699. The van der Waals surface area contributed by atoms with E-state index >= 15 is 0 Å². The highest BCUT2D eigenvalue weighted by molar-refractivity contribution is 7.92. The molecule has 29 heavy (non-hydrogen) atoms. The number of carbonyl (C=O) groups excluding carboxylic acids is 1. The Morgan fingerprint density at radius 1 is 1.07 bits per heavy atom. The zero-order valence-electron chi connectivity index (χ0n) is 16.0. The summed E-state index contributed by atoms with van der Waals surface area (Å²) in [6.45, 7) is 1.95. The molecule has 2 aromatic rings. The van der Waals surface area contributed by atoms with Crippen molar-refractivity contribution in [1.82, 2.24) is 0 Å². The first kappa shape index (κ1) is 19.7. The highest BCUT2D eigenvalue weighted by Gasteiger charge is 2.22. The lowest BCUT2D eigenvalue weighted by Gasteiger charge is -2.16. The highest BCUT2D eigenvalue weighted by Crippen LogP contribution is 2.25. The summed E-state index contributed by atoms with van der Waals surface area (Å²) in [5, 5.41) is 0. The fraction of sp³-hybridized carbons (Fsp3) is 0.381. The summed E-state index contributed by atoms with van der Waals surface area (Å²) in [6, 6.07) is 13.2. The molecule has 0 radical (unpaired) electrons. The van der Waals surface area contributed by atoms with E-state index in [1.165, 1.54) is 12.1 Å². The van der Waals surface area contributed by atoms with Gasteiger partial charge in [-0.15, -0.1) is 0 Å². The molecule has 2 fully saturated rings. The fourth-order valence-electron chi connectivity index (χ4n) is 3.52. The maximum absolute atomic E-state index is 12.6. The smallest absolute Gasteiger partial charge is 0.261 e. The van der Waals surface area contributed by atoms with Gasteiger partial charge in [0.15, 0.2) is 0 Å². The van der Waals surface area contributed by atoms with Gasteiger partial charge in [0, 0.05) is 30.9 Å². The molecule has 2 heterocycles. The highest BCUT2D eigenvalue weighted by atomic mass is 32.2. The van der Waals surface area contributed by atoms with E-state index in [9.17, 15) is 13.2 Å². The molecular weight excluding hydrogens is 392 g/mol. The summed E-state index contributed by atoms with van der Waals surface area (Å²) >= 11 is 0. The van der Waals surface area contributed by atoms with Crippen molar-refractivity contribution < 1.29 is 22.7 Å². The molecule has 0 bridgehead atoms. The standard InChI is InChI=1S/C21H24N2O5S/c24-21-4-1-13-23(21)17-7-11-20(12-8-17)29(25,26)22-16-5-9-18(10-6-16)28-15-19-3-2-14-27-19/h5-12,19,22H,1-4,13-15H2/t19-/m0/s1. The number of hydrogen-bond donors (Lipinski definition) is 1. The third-order valence-electron chi connectivity index (χ3n) is 5.10. The summed E-state index contributed by atoms with van der Waals surface area (Å²) in [5.41, 5.74) is 1.17. The number of carbonyl (C=O) groups is 1. The lowest BCUT2D eigenvalue weighted by atomic mass is 10.2. The van der Waals surface area contributed by atoms with Crippen LogP contribution in [0.1, 0.15) is 25.7 Å². The summed E-state index contributed by atoms with van der Waals surface area (Å²) in [5.74, 6) is 0.739. The van der Waals surface area contributed by atoms with E-state index in [1.807, 2.05) is 0 Å². The van der Waals surface area contributed by atoms with E-state index in [2.05, 4.69) is 4.72 Å². The van der Waals surface area contributed by atoms with Gasteiger partial charge in [0.05, 0.1) is 11.0 Å². The van der Waals surface area contributed by atoms with Gasteiger partial charge in [-0.1, -0.05) is 0 Å². The van der Waals surface area contributed by atoms with Crippen LogP contribution in [0.3, 0.4) is 0 Å². The lowest BCUT2D eigenvalue weighted by molar-refractivity contribution is -0.117. The minimum Gasteiger partial charge on any atom is -0.491 e. The summed E-state index contributed by atoms with van der Waals surface area (Å²) in [6.07, 6.45) is 3.56. The van der Waals surface area contributed by atoms with Crippen LogP contribution >= 0.6 is 0 Å². The number of benzene rings is 2. The molecule has 0 aliphatic carbocycles. The van der Waals surface area contributed by atoms with Gasteiger partial charge in [-0.3, -0.25) is 9.52 Å². The number of nitrogens with zero attached hydrogens (tertiary/aromatic N) is 1. The van der Waals surface area contributed by atoms with Crippen molar-refractivity contribution in [3.8, 4) is 5.75 Å². The normalized spacial score (nSPS) is 19.5. The molecule has 2 saturated heterocycles. The van der Waals surface area contributed by atoms with Crippen molar-refractivity contribution in [2.45, 2.75) is 36.7 Å². The maximum Gasteiger partial charge on any atom is 0.261 e. The molecule has 4 rings (SSSR count). The van der Waals surface area contributed by atoms with E-state index in [0.717, 1.165) is 31.6 Å². The number of ether oxygens (including phenoxy) is 2. The van der Waals surface area contributed by atoms with Crippen LogP contribution in [0.25, 0.3) is 0 Å². The zero-order chi connectivity index (χ0) is 20.3. The van der Waals surface area contributed by atoms with Crippen LogP contribution < -0.4 is 14.4 Å². The van der Waals surface area contributed by atoms with Gasteiger partial charge in [0.1, 0.15) is 12.4 Å². The van der Waals surface area contributed by atoms with Crippen LogP contribution in [0.2, 0.25) is 0 Å². The van der Waals surface area contributed by atoms with Crippen molar-refractivity contribution >= 4 is 27.3 Å². The van der Waals surface area contributed by atoms with Crippen LogP contribution in [0.15, 0.2) is 53.4 Å². The van der Waals surface area contributed by atoms with Crippen molar-refractivity contribution in [3.05, 3.63) is 48.5 Å². The zero-order valence-corrected chi connectivity index (χ0v) is 16.9. The molecular formula is C21H24N2O5S. The van der Waals surface area contributed by atoms with E-state index in [-0.39, 0.29) is 16.9 Å². The van der Waals surface area contributed by atoms with E-state index in [4.69, 9.17) is 9.47 Å². The summed E-state index contributed by atoms with van der Waals surface area (Å²) < 4.78 is 39.1. The molecule has 0 saturated carbocycles. The molecule has 1 amide bonds. The van der Waals surface area contributed by atoms with Gasteiger partial charge in [0.2, 0.25) is 5.91 Å². The number of rotatable bonds is 7. The summed E-state index contributed by atoms with van der Waals surface area (Å²) in [4.78, 5) is 13.6. The first-order valence-corrected chi connectivity index (χ1v) is 11.3. The van der Waals surface area contributed by atoms with Gasteiger partial charge in [-0.25, -0.2) is 8.42 Å². The lowest BCUT2D eigenvalue weighted by Crippen LogP contribution is -2.23. The Bertz CT molecular complexity index is 952. The Kier molecular flexibility index (Phi) is 5.73. The number of sulfonamides is 1. The molecule has 1 atom stereocenters. The summed E-state index contributed by atoms with van der Waals surface area (Å²) in [7, 11) is -3.72. The van der Waals surface area contributed by atoms with Crippen molar-refractivity contribution in [1.29, 1.82) is 0 Å². The number of hydrogen-bond acceptors (Lipinski definition) is 5. The van der Waals surface area contributed by atoms with Gasteiger partial charge in [0.25, 0.3) is 10.0 Å². The van der Waals surface area contributed by atoms with E-state index < -0.39 is 10.0 Å². The minimum atomic E-state index is -3.72. The Hall–Kier alpha value is -2.58. The van der Waals surface area contributed by atoms with Crippen LogP contribution in [0.5, 0.6) is 5.75 Å². The number of nitrogens with one attached hydrogen (secondary N) is 1. The second kappa shape index (κ2) is 8.42. The number of amides is 1. The molecule has 0 spiro atoms. The molecule has 0 unspecified atom stereocenters. The Balaban J connectivity index is 1.38. The van der Waals surface area contributed by atoms with Crippen molar-refractivity contribution in [2.24, 2.45) is 0 Å². The molecule has 8 heteroatoms. The average molecular weight is 416 g/mol. The van der Waals surface area contributed by atoms with Gasteiger partial charge >= 0.3 is 0 Å². The van der Waals surface area contributed by atoms with Gasteiger partial charge in [-0.2, -0.15) is 0 Å². The second-order valence-corrected chi connectivity index (χ2v) is 8.90. The third-order valence-corrected chi connectivity index (χ3v) is 6.50.